The van der Waals surface area contributed by atoms with Crippen molar-refractivity contribution in [1.82, 2.24) is 29.5 Å². The molecule has 0 bridgehead atoms. The van der Waals surface area contributed by atoms with Crippen molar-refractivity contribution < 1.29 is 0 Å². The summed E-state index contributed by atoms with van der Waals surface area (Å²) in [6.45, 7) is 4.16. The molecule has 8 nitrogen and oxygen atoms in total. The number of anilines is 2. The van der Waals surface area contributed by atoms with Gasteiger partial charge in [0.05, 0.1) is 35.8 Å². The molecule has 2 atom stereocenters. The van der Waals surface area contributed by atoms with E-state index in [9.17, 15) is 0 Å². The minimum atomic E-state index is 0.122. The minimum absolute atomic E-state index is 0.122. The first-order chi connectivity index (χ1) is 20.4. The molecule has 0 fully saturated rings. The Labute approximate surface area is 265 Å². The van der Waals surface area contributed by atoms with Crippen LogP contribution in [-0.2, 0) is 0 Å². The van der Waals surface area contributed by atoms with E-state index in [4.69, 9.17) is 11.6 Å². The number of halogens is 3. The van der Waals surface area contributed by atoms with Crippen LogP contribution in [0.2, 0.25) is 5.15 Å². The molecule has 2 N–H and O–H groups in total. The summed E-state index contributed by atoms with van der Waals surface area (Å²) in [6.07, 6.45) is 8.41. The molecule has 0 spiro atoms. The molecular formula is C31H27Br2ClN8. The molecule has 11 heteroatoms. The van der Waals surface area contributed by atoms with Crippen molar-refractivity contribution in [2.75, 3.05) is 10.6 Å². The Morgan fingerprint density at radius 3 is 1.83 bits per heavy atom. The Morgan fingerprint density at radius 1 is 0.690 bits per heavy atom. The van der Waals surface area contributed by atoms with Crippen LogP contribution in [-0.4, -0.2) is 29.5 Å². The van der Waals surface area contributed by atoms with Crippen LogP contribution >= 0.6 is 43.5 Å². The topological polar surface area (TPSA) is 93.4 Å². The number of benzene rings is 3. The summed E-state index contributed by atoms with van der Waals surface area (Å²) >= 11 is 12.6. The predicted octanol–water partition coefficient (Wildman–Crippen LogP) is 8.82. The maximum Gasteiger partial charge on any atom is 0.159 e. The molecule has 0 saturated heterocycles. The molecular weight excluding hydrogens is 680 g/mol. The standard InChI is InChI=1S/C19H16BrN5.C12H11BrClN3/c1-13(14-6-8-15(20)9-7-14)23-18-10-21-11-19(24-18)25-12-22-16-4-2-3-5-17(16)25;1-8(9-2-4-10(13)5-3-9)16-12-7-15-6-11(14)17-12/h2-13H,1H3,(H,23,24);2-8H,1H3,(H,16,17)/t13-;8-/m00/s1. The van der Waals surface area contributed by atoms with Gasteiger partial charge in [-0.15, -0.1) is 0 Å². The van der Waals surface area contributed by atoms with Crippen molar-refractivity contribution in [3.63, 3.8) is 0 Å². The van der Waals surface area contributed by atoms with Crippen LogP contribution in [0.25, 0.3) is 16.9 Å². The van der Waals surface area contributed by atoms with Crippen LogP contribution in [0.5, 0.6) is 0 Å². The van der Waals surface area contributed by atoms with Gasteiger partial charge in [-0.25, -0.2) is 15.0 Å². The van der Waals surface area contributed by atoms with E-state index in [1.807, 2.05) is 53.1 Å². The molecule has 6 aromatic rings. The molecule has 3 aromatic heterocycles. The number of nitrogens with one attached hydrogen (secondary N) is 2. The third-order valence-electron chi connectivity index (χ3n) is 6.40. The quantitative estimate of drug-likeness (QED) is 0.171. The average Bonchev–Trinajstić information content (AvgIpc) is 3.43. The Hall–Kier alpha value is -3.86. The number of nitrogens with zero attached hydrogens (tertiary/aromatic N) is 6. The average molecular weight is 707 g/mol. The van der Waals surface area contributed by atoms with Crippen molar-refractivity contribution in [3.8, 4) is 5.82 Å². The maximum absolute atomic E-state index is 5.78. The molecule has 0 radical (unpaired) electrons. The zero-order valence-electron chi connectivity index (χ0n) is 22.8. The summed E-state index contributed by atoms with van der Waals surface area (Å²) in [5, 5.41) is 7.04. The highest BCUT2D eigenvalue weighted by Gasteiger charge is 2.10. The van der Waals surface area contributed by atoms with Gasteiger partial charge in [0.15, 0.2) is 5.82 Å². The third kappa shape index (κ3) is 7.70. The molecule has 0 unspecified atom stereocenters. The first kappa shape index (κ1) is 29.6. The lowest BCUT2D eigenvalue weighted by Gasteiger charge is -2.15. The lowest BCUT2D eigenvalue weighted by atomic mass is 10.1. The van der Waals surface area contributed by atoms with Gasteiger partial charge >= 0.3 is 0 Å². The van der Waals surface area contributed by atoms with Gasteiger partial charge in [0.1, 0.15) is 23.1 Å². The highest BCUT2D eigenvalue weighted by Crippen LogP contribution is 2.22. The molecule has 42 heavy (non-hydrogen) atoms. The molecule has 6 rings (SSSR count). The van der Waals surface area contributed by atoms with Crippen LogP contribution in [0.3, 0.4) is 0 Å². The van der Waals surface area contributed by atoms with Gasteiger partial charge in [-0.3, -0.25) is 14.5 Å². The van der Waals surface area contributed by atoms with E-state index >= 15 is 0 Å². The number of aromatic nitrogens is 6. The normalized spacial score (nSPS) is 12.2. The summed E-state index contributed by atoms with van der Waals surface area (Å²) in [5.74, 6) is 2.14. The molecule has 0 aliphatic rings. The first-order valence-corrected chi connectivity index (χ1v) is 15.1. The zero-order valence-corrected chi connectivity index (χ0v) is 26.7. The van der Waals surface area contributed by atoms with Gasteiger partial charge < -0.3 is 10.6 Å². The smallest absolute Gasteiger partial charge is 0.159 e. The van der Waals surface area contributed by atoms with Crippen LogP contribution in [0, 0.1) is 0 Å². The van der Waals surface area contributed by atoms with E-state index in [0.29, 0.717) is 11.0 Å². The fourth-order valence-corrected chi connectivity index (χ4v) is 4.88. The maximum atomic E-state index is 5.78. The second kappa shape index (κ2) is 13.9. The van der Waals surface area contributed by atoms with Crippen LogP contribution in [0.1, 0.15) is 37.1 Å². The summed E-state index contributed by atoms with van der Waals surface area (Å²) in [5.41, 5.74) is 4.30. The summed E-state index contributed by atoms with van der Waals surface area (Å²) < 4.78 is 4.07. The molecule has 0 aliphatic carbocycles. The second-order valence-corrected chi connectivity index (χ2v) is 11.6. The highest BCUT2D eigenvalue weighted by molar-refractivity contribution is 9.10. The fraction of sp³-hybridized carbons (Fsp3) is 0.129. The zero-order chi connectivity index (χ0) is 29.5. The van der Waals surface area contributed by atoms with Gasteiger partial charge in [-0.05, 0) is 61.4 Å². The van der Waals surface area contributed by atoms with E-state index in [2.05, 4.69) is 106 Å². The first-order valence-electron chi connectivity index (χ1n) is 13.1. The van der Waals surface area contributed by atoms with Crippen LogP contribution in [0.4, 0.5) is 11.6 Å². The fourth-order valence-electron chi connectivity index (χ4n) is 4.21. The van der Waals surface area contributed by atoms with Crippen molar-refractivity contribution in [2.24, 2.45) is 0 Å². The lowest BCUT2D eigenvalue weighted by molar-refractivity contribution is 0.865. The van der Waals surface area contributed by atoms with Crippen molar-refractivity contribution in [1.29, 1.82) is 0 Å². The predicted molar refractivity (Wildman–Crippen MR) is 176 cm³/mol. The van der Waals surface area contributed by atoms with Gasteiger partial charge in [0.2, 0.25) is 0 Å². The molecule has 0 aliphatic heterocycles. The minimum Gasteiger partial charge on any atom is -0.362 e. The number of hydrogen-bond donors (Lipinski definition) is 2. The highest BCUT2D eigenvalue weighted by atomic mass is 79.9. The molecule has 3 heterocycles. The van der Waals surface area contributed by atoms with Crippen LogP contribution in [0.15, 0.2) is 113 Å². The second-order valence-electron chi connectivity index (χ2n) is 9.43. The van der Waals surface area contributed by atoms with Crippen molar-refractivity contribution in [3.05, 3.63) is 129 Å². The monoisotopic (exact) mass is 704 g/mol. The third-order valence-corrected chi connectivity index (χ3v) is 7.64. The molecule has 0 saturated carbocycles. The summed E-state index contributed by atoms with van der Waals surface area (Å²) in [6, 6.07) is 24.6. The van der Waals surface area contributed by atoms with E-state index < -0.39 is 0 Å². The number of fused-ring (bicyclic) bond motifs is 1. The Morgan fingerprint density at radius 2 is 1.24 bits per heavy atom. The summed E-state index contributed by atoms with van der Waals surface area (Å²) in [7, 11) is 0. The Kier molecular flexibility index (Phi) is 9.78. The lowest BCUT2D eigenvalue weighted by Crippen LogP contribution is -2.09. The largest absolute Gasteiger partial charge is 0.362 e. The SMILES string of the molecule is C[C@H](Nc1cncc(-n2cnc3ccccc32)n1)c1ccc(Br)cc1.C[C@H](Nc1cncc(Cl)n1)c1ccc(Br)cc1. The van der Waals surface area contributed by atoms with Gasteiger partial charge in [-0.2, -0.15) is 0 Å². The van der Waals surface area contributed by atoms with E-state index in [1.54, 1.807) is 24.9 Å². The van der Waals surface area contributed by atoms with E-state index in [1.165, 1.54) is 17.3 Å². The van der Waals surface area contributed by atoms with Gasteiger partial charge in [0, 0.05) is 21.0 Å². The van der Waals surface area contributed by atoms with Crippen LogP contribution < -0.4 is 10.6 Å². The number of hydrogen-bond acceptors (Lipinski definition) is 7. The number of para-hydroxylation sites is 2. The number of rotatable bonds is 7. The van der Waals surface area contributed by atoms with E-state index in [-0.39, 0.29) is 12.1 Å². The molecule has 3 aromatic carbocycles. The number of imidazole rings is 1. The van der Waals surface area contributed by atoms with Crippen molar-refractivity contribution in [2.45, 2.75) is 25.9 Å². The Bertz CT molecular complexity index is 1760. The Balaban J connectivity index is 0.000000181. The van der Waals surface area contributed by atoms with Gasteiger partial charge in [0.25, 0.3) is 0 Å². The van der Waals surface area contributed by atoms with Gasteiger partial charge in [-0.1, -0.05) is 79.9 Å². The van der Waals surface area contributed by atoms with E-state index in [0.717, 1.165) is 31.6 Å². The summed E-state index contributed by atoms with van der Waals surface area (Å²) in [4.78, 5) is 21.5. The molecule has 212 valence electrons. The van der Waals surface area contributed by atoms with Crippen molar-refractivity contribution >= 4 is 66.1 Å². The molecule has 0 amide bonds.